The Morgan fingerprint density at radius 2 is 1.41 bits per heavy atom. The van der Waals surface area contributed by atoms with Crippen LogP contribution in [-0.4, -0.2) is 25.2 Å². The molecule has 1 aromatic rings. The van der Waals surface area contributed by atoms with Gasteiger partial charge < -0.3 is 9.47 Å². The third kappa shape index (κ3) is 3.06. The normalized spacial score (nSPS) is 9.82. The Balaban J connectivity index is 3.07. The molecule has 0 aliphatic rings. The van der Waals surface area contributed by atoms with Gasteiger partial charge in [0.1, 0.15) is 0 Å². The molecular formula is C13H16O4. The van der Waals surface area contributed by atoms with Gasteiger partial charge in [0.2, 0.25) is 0 Å². The van der Waals surface area contributed by atoms with Crippen LogP contribution in [0.25, 0.3) is 0 Å². The molecule has 1 aromatic carbocycles. The molecule has 4 heteroatoms. The smallest absolute Gasteiger partial charge is 0.338 e. The molecule has 0 aliphatic carbocycles. The maximum atomic E-state index is 11.6. The summed E-state index contributed by atoms with van der Waals surface area (Å²) < 4.78 is 9.82. The second-order valence-electron chi connectivity index (χ2n) is 3.42. The summed E-state index contributed by atoms with van der Waals surface area (Å²) in [5.74, 6) is -0.840. The Morgan fingerprint density at radius 3 is 1.76 bits per heavy atom. The summed E-state index contributed by atoms with van der Waals surface area (Å²) in [5, 5.41) is 0. The maximum Gasteiger partial charge on any atom is 0.338 e. The van der Waals surface area contributed by atoms with Gasteiger partial charge in [-0.1, -0.05) is 6.07 Å². The Bertz CT molecular complexity index is 387. The predicted molar refractivity (Wildman–Crippen MR) is 63.1 cm³/mol. The number of hydrogen-bond acceptors (Lipinski definition) is 4. The van der Waals surface area contributed by atoms with Crippen LogP contribution in [0.1, 0.15) is 40.1 Å². The van der Waals surface area contributed by atoms with Crippen molar-refractivity contribution in [1.29, 1.82) is 0 Å². The van der Waals surface area contributed by atoms with Crippen molar-refractivity contribution >= 4 is 11.9 Å². The fraction of sp³-hybridized carbons (Fsp3) is 0.385. The minimum absolute atomic E-state index is 0.307. The summed E-state index contributed by atoms with van der Waals surface area (Å²) in [7, 11) is 0. The molecule has 1 rings (SSSR count). The fourth-order valence-electron chi connectivity index (χ4n) is 1.50. The van der Waals surface area contributed by atoms with Gasteiger partial charge in [0.15, 0.2) is 0 Å². The van der Waals surface area contributed by atoms with Crippen molar-refractivity contribution in [2.75, 3.05) is 13.2 Å². The number of rotatable bonds is 4. The van der Waals surface area contributed by atoms with Gasteiger partial charge in [-0.05, 0) is 38.5 Å². The highest BCUT2D eigenvalue weighted by atomic mass is 16.5. The van der Waals surface area contributed by atoms with E-state index in [1.165, 1.54) is 0 Å². The van der Waals surface area contributed by atoms with Gasteiger partial charge >= 0.3 is 11.9 Å². The molecular weight excluding hydrogens is 220 g/mol. The molecule has 0 amide bonds. The van der Waals surface area contributed by atoms with Gasteiger partial charge in [-0.25, -0.2) is 9.59 Å². The van der Waals surface area contributed by atoms with Crippen molar-refractivity contribution in [2.24, 2.45) is 0 Å². The van der Waals surface area contributed by atoms with Crippen molar-refractivity contribution in [2.45, 2.75) is 20.8 Å². The molecule has 92 valence electrons. The average Bonchev–Trinajstić information content (AvgIpc) is 2.29. The summed E-state index contributed by atoms with van der Waals surface area (Å²) in [6.45, 7) is 5.80. The van der Waals surface area contributed by atoms with E-state index >= 15 is 0 Å². The molecule has 0 unspecified atom stereocenters. The van der Waals surface area contributed by atoms with Gasteiger partial charge in [0, 0.05) is 0 Å². The molecule has 0 aromatic heterocycles. The van der Waals surface area contributed by atoms with Crippen molar-refractivity contribution in [3.8, 4) is 0 Å². The lowest BCUT2D eigenvalue weighted by molar-refractivity contribution is 0.0523. The SMILES string of the molecule is CCOC(=O)c1cccc(C(=O)OCC)c1C. The molecule has 0 N–H and O–H groups in total. The van der Waals surface area contributed by atoms with Crippen LogP contribution in [0.2, 0.25) is 0 Å². The summed E-state index contributed by atoms with van der Waals surface area (Å²) in [5.41, 5.74) is 1.39. The van der Waals surface area contributed by atoms with Crippen LogP contribution in [-0.2, 0) is 9.47 Å². The second-order valence-corrected chi connectivity index (χ2v) is 3.42. The molecule has 4 nitrogen and oxygen atoms in total. The molecule has 0 radical (unpaired) electrons. The largest absolute Gasteiger partial charge is 0.462 e. The number of esters is 2. The number of carbonyl (C=O) groups is 2. The van der Waals surface area contributed by atoms with E-state index in [1.54, 1.807) is 39.0 Å². The third-order valence-electron chi connectivity index (χ3n) is 2.32. The van der Waals surface area contributed by atoms with Crippen molar-refractivity contribution in [3.05, 3.63) is 34.9 Å². The number of carbonyl (C=O) groups excluding carboxylic acids is 2. The predicted octanol–water partition coefficient (Wildman–Crippen LogP) is 2.35. The van der Waals surface area contributed by atoms with E-state index in [2.05, 4.69) is 0 Å². The summed E-state index contributed by atoms with van der Waals surface area (Å²) in [6, 6.07) is 4.91. The van der Waals surface area contributed by atoms with Crippen LogP contribution in [0.3, 0.4) is 0 Å². The minimum atomic E-state index is -0.420. The van der Waals surface area contributed by atoms with Gasteiger partial charge in [-0.15, -0.1) is 0 Å². The van der Waals surface area contributed by atoms with Crippen molar-refractivity contribution < 1.29 is 19.1 Å². The van der Waals surface area contributed by atoms with Crippen molar-refractivity contribution in [3.63, 3.8) is 0 Å². The Morgan fingerprint density at radius 1 is 1.00 bits per heavy atom. The molecule has 0 saturated carbocycles. The number of ether oxygens (including phenoxy) is 2. The zero-order chi connectivity index (χ0) is 12.8. The van der Waals surface area contributed by atoms with Crippen LogP contribution in [0.4, 0.5) is 0 Å². The zero-order valence-corrected chi connectivity index (χ0v) is 10.3. The topological polar surface area (TPSA) is 52.6 Å². The van der Waals surface area contributed by atoms with Gasteiger partial charge in [0.25, 0.3) is 0 Å². The lowest BCUT2D eigenvalue weighted by Gasteiger charge is -2.09. The zero-order valence-electron chi connectivity index (χ0n) is 10.3. The second kappa shape index (κ2) is 6.03. The lowest BCUT2D eigenvalue weighted by Crippen LogP contribution is -2.12. The van der Waals surface area contributed by atoms with E-state index in [0.717, 1.165) is 0 Å². The molecule has 0 aliphatic heterocycles. The van der Waals surface area contributed by atoms with E-state index in [-0.39, 0.29) is 0 Å². The molecule has 0 saturated heterocycles. The van der Waals surface area contributed by atoms with Crippen LogP contribution >= 0.6 is 0 Å². The molecule has 0 heterocycles. The highest BCUT2D eigenvalue weighted by molar-refractivity contribution is 5.97. The first-order valence-corrected chi connectivity index (χ1v) is 5.55. The van der Waals surface area contributed by atoms with Gasteiger partial charge in [0.05, 0.1) is 24.3 Å². The van der Waals surface area contributed by atoms with Crippen LogP contribution in [0.15, 0.2) is 18.2 Å². The van der Waals surface area contributed by atoms with E-state index in [1.807, 2.05) is 0 Å². The molecule has 0 spiro atoms. The van der Waals surface area contributed by atoms with E-state index < -0.39 is 11.9 Å². The highest BCUT2D eigenvalue weighted by Gasteiger charge is 2.17. The van der Waals surface area contributed by atoms with E-state index in [4.69, 9.17) is 9.47 Å². The van der Waals surface area contributed by atoms with E-state index in [0.29, 0.717) is 29.9 Å². The first kappa shape index (κ1) is 13.2. The molecule has 0 fully saturated rings. The van der Waals surface area contributed by atoms with Gasteiger partial charge in [-0.3, -0.25) is 0 Å². The third-order valence-corrected chi connectivity index (χ3v) is 2.32. The highest BCUT2D eigenvalue weighted by Crippen LogP contribution is 2.16. The first-order valence-electron chi connectivity index (χ1n) is 5.55. The van der Waals surface area contributed by atoms with E-state index in [9.17, 15) is 9.59 Å². The van der Waals surface area contributed by atoms with Crippen LogP contribution < -0.4 is 0 Å². The Labute approximate surface area is 101 Å². The summed E-state index contributed by atoms with van der Waals surface area (Å²) in [4.78, 5) is 23.2. The minimum Gasteiger partial charge on any atom is -0.462 e. The first-order chi connectivity index (χ1) is 8.11. The maximum absolute atomic E-state index is 11.6. The Hall–Kier alpha value is -1.84. The lowest BCUT2D eigenvalue weighted by atomic mass is 10.0. The fourth-order valence-corrected chi connectivity index (χ4v) is 1.50. The monoisotopic (exact) mass is 236 g/mol. The Kier molecular flexibility index (Phi) is 4.69. The number of hydrogen-bond donors (Lipinski definition) is 0. The number of benzene rings is 1. The summed E-state index contributed by atoms with van der Waals surface area (Å²) in [6.07, 6.45) is 0. The quantitative estimate of drug-likeness (QED) is 0.753. The van der Waals surface area contributed by atoms with Crippen LogP contribution in [0.5, 0.6) is 0 Å². The standard InChI is InChI=1S/C13H16O4/c1-4-16-12(14)10-7-6-8-11(9(10)3)13(15)17-5-2/h6-8H,4-5H2,1-3H3. The molecule has 0 bridgehead atoms. The molecule has 17 heavy (non-hydrogen) atoms. The van der Waals surface area contributed by atoms with Crippen molar-refractivity contribution in [1.82, 2.24) is 0 Å². The average molecular weight is 236 g/mol. The van der Waals surface area contributed by atoms with Gasteiger partial charge in [-0.2, -0.15) is 0 Å². The van der Waals surface area contributed by atoms with Crippen LogP contribution in [0, 0.1) is 6.92 Å². The summed E-state index contributed by atoms with van der Waals surface area (Å²) >= 11 is 0. The molecule has 0 atom stereocenters.